The molecule has 4 rings (SSSR count). The molecule has 0 radical (unpaired) electrons. The second kappa shape index (κ2) is 8.52. The van der Waals surface area contributed by atoms with Gasteiger partial charge in [-0.15, -0.1) is 0 Å². The Morgan fingerprint density at radius 3 is 2.47 bits per heavy atom. The van der Waals surface area contributed by atoms with E-state index < -0.39 is 5.91 Å². The van der Waals surface area contributed by atoms with Gasteiger partial charge >= 0.3 is 0 Å². The highest BCUT2D eigenvalue weighted by Crippen LogP contribution is 2.32. The number of hydrogen-bond donors (Lipinski definition) is 2. The third kappa shape index (κ3) is 4.27. The van der Waals surface area contributed by atoms with E-state index in [9.17, 15) is 9.59 Å². The molecule has 1 aliphatic heterocycles. The first-order valence-corrected chi connectivity index (χ1v) is 9.71. The van der Waals surface area contributed by atoms with Crippen molar-refractivity contribution in [1.29, 1.82) is 0 Å². The molecule has 3 aromatic rings. The molecule has 0 aliphatic carbocycles. The van der Waals surface area contributed by atoms with Crippen LogP contribution >= 0.6 is 23.8 Å². The van der Waals surface area contributed by atoms with Gasteiger partial charge in [-0.25, -0.2) is 0 Å². The highest BCUT2D eigenvalue weighted by Gasteiger charge is 2.18. The zero-order chi connectivity index (χ0) is 21.1. The molecular formula is C22H15ClN2O4S. The summed E-state index contributed by atoms with van der Waals surface area (Å²) in [6.07, 6.45) is 0. The Morgan fingerprint density at radius 1 is 0.900 bits per heavy atom. The fraction of sp³-hybridized carbons (Fsp3) is 0.0455. The van der Waals surface area contributed by atoms with Gasteiger partial charge in [0.1, 0.15) is 0 Å². The topological polar surface area (TPSA) is 76.7 Å². The minimum Gasteiger partial charge on any atom is -0.454 e. The van der Waals surface area contributed by atoms with Gasteiger partial charge in [0.2, 0.25) is 6.79 Å². The van der Waals surface area contributed by atoms with E-state index in [4.69, 9.17) is 33.3 Å². The Balaban J connectivity index is 1.51. The molecule has 1 amide bonds. The van der Waals surface area contributed by atoms with Crippen LogP contribution in [-0.4, -0.2) is 23.6 Å². The average Bonchev–Trinajstić information content (AvgIpc) is 3.23. The quantitative estimate of drug-likeness (QED) is 0.463. The molecule has 150 valence electrons. The maximum absolute atomic E-state index is 12.9. The third-order valence-corrected chi connectivity index (χ3v) is 4.81. The van der Waals surface area contributed by atoms with Crippen molar-refractivity contribution in [1.82, 2.24) is 5.32 Å². The smallest absolute Gasteiger partial charge is 0.257 e. The number of carbonyl (C=O) groups excluding carboxylic acids is 2. The van der Waals surface area contributed by atoms with Crippen molar-refractivity contribution in [3.05, 3.63) is 88.4 Å². The molecule has 0 aromatic heterocycles. The molecule has 0 saturated heterocycles. The molecule has 0 fully saturated rings. The first-order valence-electron chi connectivity index (χ1n) is 8.92. The maximum Gasteiger partial charge on any atom is 0.257 e. The SMILES string of the molecule is O=C(NC(=S)Nc1ccc(Cl)cc1C(=O)c1ccccc1)c1ccc2c(c1)OCO2. The summed E-state index contributed by atoms with van der Waals surface area (Å²) in [7, 11) is 0. The Bertz CT molecular complexity index is 1150. The van der Waals surface area contributed by atoms with Crippen LogP contribution in [0.15, 0.2) is 66.7 Å². The van der Waals surface area contributed by atoms with Gasteiger partial charge in [0, 0.05) is 21.7 Å². The van der Waals surface area contributed by atoms with E-state index in [1.54, 1.807) is 60.7 Å². The summed E-state index contributed by atoms with van der Waals surface area (Å²) < 4.78 is 10.5. The zero-order valence-electron chi connectivity index (χ0n) is 15.5. The number of fused-ring (bicyclic) bond motifs is 1. The highest BCUT2D eigenvalue weighted by molar-refractivity contribution is 7.80. The fourth-order valence-electron chi connectivity index (χ4n) is 2.92. The Kier molecular flexibility index (Phi) is 5.65. The van der Waals surface area contributed by atoms with Gasteiger partial charge in [-0.3, -0.25) is 14.9 Å². The predicted molar refractivity (Wildman–Crippen MR) is 118 cm³/mol. The zero-order valence-corrected chi connectivity index (χ0v) is 17.0. The summed E-state index contributed by atoms with van der Waals surface area (Å²) in [6.45, 7) is 0.120. The van der Waals surface area contributed by atoms with Crippen LogP contribution in [0.5, 0.6) is 11.5 Å². The van der Waals surface area contributed by atoms with E-state index in [1.807, 2.05) is 6.07 Å². The van der Waals surface area contributed by atoms with Gasteiger partial charge in [-0.2, -0.15) is 0 Å². The van der Waals surface area contributed by atoms with Gasteiger partial charge < -0.3 is 14.8 Å². The van der Waals surface area contributed by atoms with Gasteiger partial charge in [0.05, 0.1) is 5.69 Å². The maximum atomic E-state index is 12.9. The number of ketones is 1. The number of carbonyl (C=O) groups is 2. The van der Waals surface area contributed by atoms with E-state index in [-0.39, 0.29) is 17.7 Å². The lowest BCUT2D eigenvalue weighted by Gasteiger charge is -2.14. The second-order valence-electron chi connectivity index (χ2n) is 6.36. The van der Waals surface area contributed by atoms with Crippen molar-refractivity contribution in [3.8, 4) is 11.5 Å². The van der Waals surface area contributed by atoms with Crippen molar-refractivity contribution in [3.63, 3.8) is 0 Å². The highest BCUT2D eigenvalue weighted by atomic mass is 35.5. The monoisotopic (exact) mass is 438 g/mol. The van der Waals surface area contributed by atoms with Crippen LogP contribution in [0.1, 0.15) is 26.3 Å². The van der Waals surface area contributed by atoms with Gasteiger partial charge in [0.15, 0.2) is 22.4 Å². The predicted octanol–water partition coefficient (Wildman–Crippen LogP) is 4.43. The number of amides is 1. The Hall–Kier alpha value is -3.42. The third-order valence-electron chi connectivity index (χ3n) is 4.37. The average molecular weight is 439 g/mol. The van der Waals surface area contributed by atoms with Crippen LogP contribution in [-0.2, 0) is 0 Å². The van der Waals surface area contributed by atoms with Crippen molar-refractivity contribution in [2.75, 3.05) is 12.1 Å². The van der Waals surface area contributed by atoms with Crippen molar-refractivity contribution in [2.24, 2.45) is 0 Å². The summed E-state index contributed by atoms with van der Waals surface area (Å²) in [5, 5.41) is 5.96. The fourth-order valence-corrected chi connectivity index (χ4v) is 3.30. The molecule has 3 aromatic carbocycles. The van der Waals surface area contributed by atoms with E-state index in [2.05, 4.69) is 10.6 Å². The lowest BCUT2D eigenvalue weighted by atomic mass is 10.0. The molecule has 1 heterocycles. The van der Waals surface area contributed by atoms with Crippen LogP contribution < -0.4 is 20.1 Å². The molecule has 0 atom stereocenters. The summed E-state index contributed by atoms with van der Waals surface area (Å²) >= 11 is 11.4. The van der Waals surface area contributed by atoms with Crippen molar-refractivity contribution >= 4 is 46.3 Å². The molecule has 8 heteroatoms. The molecule has 2 N–H and O–H groups in total. The summed E-state index contributed by atoms with van der Waals surface area (Å²) in [5.74, 6) is 0.439. The van der Waals surface area contributed by atoms with Crippen LogP contribution in [0.2, 0.25) is 5.02 Å². The first-order chi connectivity index (χ1) is 14.5. The van der Waals surface area contributed by atoms with Crippen molar-refractivity contribution < 1.29 is 19.1 Å². The molecular weight excluding hydrogens is 424 g/mol. The van der Waals surface area contributed by atoms with E-state index in [0.717, 1.165) is 0 Å². The number of ether oxygens (including phenoxy) is 2. The van der Waals surface area contributed by atoms with Crippen LogP contribution in [0, 0.1) is 0 Å². The van der Waals surface area contributed by atoms with E-state index in [0.29, 0.717) is 38.9 Å². The summed E-state index contributed by atoms with van der Waals surface area (Å²) in [6, 6.07) is 18.5. The molecule has 30 heavy (non-hydrogen) atoms. The van der Waals surface area contributed by atoms with Gasteiger partial charge in [-0.05, 0) is 48.6 Å². The summed E-state index contributed by atoms with van der Waals surface area (Å²) in [5.41, 5.74) is 1.65. The number of nitrogens with one attached hydrogen (secondary N) is 2. The number of halogens is 1. The molecule has 0 bridgehead atoms. The van der Waals surface area contributed by atoms with Gasteiger partial charge in [-0.1, -0.05) is 41.9 Å². The first kappa shape index (κ1) is 19.9. The molecule has 1 aliphatic rings. The number of anilines is 1. The van der Waals surface area contributed by atoms with E-state index >= 15 is 0 Å². The van der Waals surface area contributed by atoms with Crippen molar-refractivity contribution in [2.45, 2.75) is 0 Å². The number of benzene rings is 3. The second-order valence-corrected chi connectivity index (χ2v) is 7.21. The molecule has 0 spiro atoms. The van der Waals surface area contributed by atoms with Crippen LogP contribution in [0.4, 0.5) is 5.69 Å². The minimum absolute atomic E-state index is 0.0436. The number of rotatable bonds is 4. The molecule has 0 unspecified atom stereocenters. The lowest BCUT2D eigenvalue weighted by molar-refractivity contribution is 0.0976. The van der Waals surface area contributed by atoms with Crippen LogP contribution in [0.25, 0.3) is 0 Å². The minimum atomic E-state index is -0.421. The largest absolute Gasteiger partial charge is 0.454 e. The van der Waals surface area contributed by atoms with Gasteiger partial charge in [0.25, 0.3) is 5.91 Å². The van der Waals surface area contributed by atoms with E-state index in [1.165, 1.54) is 0 Å². The lowest BCUT2D eigenvalue weighted by Crippen LogP contribution is -2.34. The van der Waals surface area contributed by atoms with Crippen LogP contribution in [0.3, 0.4) is 0 Å². The number of hydrogen-bond acceptors (Lipinski definition) is 5. The molecule has 6 nitrogen and oxygen atoms in total. The summed E-state index contributed by atoms with van der Waals surface area (Å²) in [4.78, 5) is 25.4. The Labute approximate surface area is 182 Å². The number of thiocarbonyl (C=S) groups is 1. The normalized spacial score (nSPS) is 11.6. The Morgan fingerprint density at radius 2 is 1.67 bits per heavy atom. The molecule has 0 saturated carbocycles. The standard InChI is InChI=1S/C22H15ClN2O4S/c23-15-7-8-17(16(11-15)20(26)13-4-2-1-3-5-13)24-22(30)25-21(27)14-6-9-18-19(10-14)29-12-28-18/h1-11H,12H2,(H2,24,25,27,30).